The van der Waals surface area contributed by atoms with Crippen LogP contribution in [-0.2, 0) is 14.4 Å². The van der Waals surface area contributed by atoms with E-state index in [-0.39, 0.29) is 17.9 Å². The highest BCUT2D eigenvalue weighted by molar-refractivity contribution is 6.39. The molecular weight excluding hydrogens is 380 g/mol. The molecule has 7 heteroatoms. The van der Waals surface area contributed by atoms with Crippen molar-refractivity contribution in [3.8, 4) is 0 Å². The summed E-state index contributed by atoms with van der Waals surface area (Å²) >= 11 is 0. The van der Waals surface area contributed by atoms with Gasteiger partial charge < -0.3 is 10.6 Å². The molecule has 0 saturated heterocycles. The van der Waals surface area contributed by atoms with Gasteiger partial charge in [0.1, 0.15) is 0 Å². The number of aryl methyl sites for hydroxylation is 1. The maximum absolute atomic E-state index is 12.6. The Balaban J connectivity index is 1.26. The summed E-state index contributed by atoms with van der Waals surface area (Å²) in [6, 6.07) is 7.18. The van der Waals surface area contributed by atoms with E-state index in [1.165, 1.54) is 19.3 Å². The predicted octanol–water partition coefficient (Wildman–Crippen LogP) is 2.90. The minimum absolute atomic E-state index is 0.0386. The van der Waals surface area contributed by atoms with Gasteiger partial charge >= 0.3 is 11.8 Å². The zero-order chi connectivity index (χ0) is 21.3. The number of hydrazone groups is 1. The van der Waals surface area contributed by atoms with Crippen LogP contribution in [0.15, 0.2) is 29.4 Å². The second-order valence-electron chi connectivity index (χ2n) is 9.53. The number of amides is 3. The SMILES string of the molecule is C/C(CC(=O)NC12CC3CC(CC(C3)C1)C2)=N\NC(=O)C(=O)Nc1cccc(C)c1. The largest absolute Gasteiger partial charge is 0.350 e. The average Bonchev–Trinajstić information content (AvgIpc) is 2.64. The molecule has 4 bridgehead atoms. The molecule has 0 radical (unpaired) electrons. The lowest BCUT2D eigenvalue weighted by atomic mass is 9.53. The van der Waals surface area contributed by atoms with Gasteiger partial charge in [0.2, 0.25) is 5.91 Å². The molecule has 1 aromatic rings. The normalized spacial score (nSPS) is 29.4. The molecule has 4 aliphatic rings. The summed E-state index contributed by atoms with van der Waals surface area (Å²) in [5.41, 5.74) is 4.19. The van der Waals surface area contributed by atoms with Crippen molar-refractivity contribution in [2.75, 3.05) is 5.32 Å². The summed E-state index contributed by atoms with van der Waals surface area (Å²) in [5, 5.41) is 9.76. The highest BCUT2D eigenvalue weighted by Gasteiger charge is 2.51. The van der Waals surface area contributed by atoms with Crippen molar-refractivity contribution in [3.63, 3.8) is 0 Å². The minimum atomic E-state index is -0.864. The Hall–Kier alpha value is -2.70. The van der Waals surface area contributed by atoms with Crippen molar-refractivity contribution >= 4 is 29.1 Å². The first-order chi connectivity index (χ1) is 14.3. The van der Waals surface area contributed by atoms with Gasteiger partial charge in [0.25, 0.3) is 0 Å². The van der Waals surface area contributed by atoms with E-state index in [0.29, 0.717) is 11.4 Å². The number of carbonyl (C=O) groups is 3. The number of nitrogens with one attached hydrogen (secondary N) is 3. The predicted molar refractivity (Wildman–Crippen MR) is 115 cm³/mol. The van der Waals surface area contributed by atoms with E-state index < -0.39 is 11.8 Å². The van der Waals surface area contributed by atoms with Crippen molar-refractivity contribution in [3.05, 3.63) is 29.8 Å². The molecule has 0 atom stereocenters. The lowest BCUT2D eigenvalue weighted by Gasteiger charge is -2.56. The molecule has 7 nitrogen and oxygen atoms in total. The molecule has 3 N–H and O–H groups in total. The van der Waals surface area contributed by atoms with Crippen LogP contribution in [0.4, 0.5) is 5.69 Å². The Kier molecular flexibility index (Phi) is 5.62. The van der Waals surface area contributed by atoms with Crippen LogP contribution in [0.5, 0.6) is 0 Å². The molecule has 0 aromatic heterocycles. The molecule has 0 spiro atoms. The number of hydrogen-bond donors (Lipinski definition) is 3. The first-order valence-electron chi connectivity index (χ1n) is 10.8. The van der Waals surface area contributed by atoms with E-state index in [0.717, 1.165) is 42.6 Å². The van der Waals surface area contributed by atoms with Crippen LogP contribution in [-0.4, -0.2) is 29.0 Å². The van der Waals surface area contributed by atoms with Crippen LogP contribution in [0.3, 0.4) is 0 Å². The average molecular weight is 411 g/mol. The number of benzene rings is 1. The van der Waals surface area contributed by atoms with Gasteiger partial charge in [0.05, 0.1) is 6.42 Å². The Morgan fingerprint density at radius 1 is 1.03 bits per heavy atom. The van der Waals surface area contributed by atoms with Gasteiger partial charge in [0.15, 0.2) is 0 Å². The van der Waals surface area contributed by atoms with Crippen LogP contribution < -0.4 is 16.1 Å². The summed E-state index contributed by atoms with van der Waals surface area (Å²) in [6.07, 6.45) is 7.37. The molecule has 0 aliphatic heterocycles. The fourth-order valence-corrected chi connectivity index (χ4v) is 5.98. The highest BCUT2D eigenvalue weighted by Crippen LogP contribution is 2.55. The van der Waals surface area contributed by atoms with E-state index in [1.54, 1.807) is 25.1 Å². The van der Waals surface area contributed by atoms with Crippen molar-refractivity contribution < 1.29 is 14.4 Å². The van der Waals surface area contributed by atoms with Crippen LogP contribution in [0, 0.1) is 24.7 Å². The van der Waals surface area contributed by atoms with E-state index in [2.05, 4.69) is 21.2 Å². The highest BCUT2D eigenvalue weighted by atomic mass is 16.2. The van der Waals surface area contributed by atoms with Crippen LogP contribution in [0.2, 0.25) is 0 Å². The molecular formula is C23H30N4O3. The van der Waals surface area contributed by atoms with Gasteiger partial charge in [-0.15, -0.1) is 0 Å². The summed E-state index contributed by atoms with van der Waals surface area (Å²) in [7, 11) is 0. The molecule has 3 amide bonds. The third-order valence-corrected chi connectivity index (χ3v) is 6.69. The molecule has 4 fully saturated rings. The first-order valence-corrected chi connectivity index (χ1v) is 10.8. The molecule has 160 valence electrons. The van der Waals surface area contributed by atoms with E-state index in [9.17, 15) is 14.4 Å². The van der Waals surface area contributed by atoms with E-state index >= 15 is 0 Å². The number of nitrogens with zero attached hydrogens (tertiary/aromatic N) is 1. The Bertz CT molecular complexity index is 857. The zero-order valence-corrected chi connectivity index (χ0v) is 17.7. The molecule has 30 heavy (non-hydrogen) atoms. The minimum Gasteiger partial charge on any atom is -0.350 e. The summed E-state index contributed by atoms with van der Waals surface area (Å²) in [6.45, 7) is 3.58. The first kappa shape index (κ1) is 20.6. The fourth-order valence-electron chi connectivity index (χ4n) is 5.98. The number of anilines is 1. The van der Waals surface area contributed by atoms with Crippen molar-refractivity contribution in [1.29, 1.82) is 0 Å². The molecule has 0 unspecified atom stereocenters. The molecule has 0 heterocycles. The second-order valence-corrected chi connectivity index (χ2v) is 9.53. The van der Waals surface area contributed by atoms with Gasteiger partial charge in [-0.25, -0.2) is 5.43 Å². The Morgan fingerprint density at radius 3 is 2.27 bits per heavy atom. The van der Waals surface area contributed by atoms with Gasteiger partial charge in [-0.1, -0.05) is 12.1 Å². The third-order valence-electron chi connectivity index (χ3n) is 6.69. The topological polar surface area (TPSA) is 99.7 Å². The lowest BCUT2D eigenvalue weighted by Crippen LogP contribution is -2.60. The Morgan fingerprint density at radius 2 is 1.67 bits per heavy atom. The second kappa shape index (κ2) is 8.20. The van der Waals surface area contributed by atoms with Crippen molar-refractivity contribution in [2.24, 2.45) is 22.9 Å². The summed E-state index contributed by atoms with van der Waals surface area (Å²) < 4.78 is 0. The van der Waals surface area contributed by atoms with E-state index in [4.69, 9.17) is 0 Å². The maximum atomic E-state index is 12.6. The van der Waals surface area contributed by atoms with Gasteiger partial charge in [-0.2, -0.15) is 5.10 Å². The smallest absolute Gasteiger partial charge is 0.329 e. The standard InChI is InChI=1S/C23H30N4O3/c1-14-4-3-5-19(6-14)24-21(29)22(30)27-26-15(2)7-20(28)25-23-11-16-8-17(12-23)10-18(9-16)13-23/h3-6,16-18H,7-13H2,1-2H3,(H,24,29)(H,25,28)(H,27,30)/b26-15+. The van der Waals surface area contributed by atoms with Crippen molar-refractivity contribution in [1.82, 2.24) is 10.7 Å². The molecule has 4 aliphatic carbocycles. The summed E-state index contributed by atoms with van der Waals surface area (Å²) in [5.74, 6) is 0.566. The van der Waals surface area contributed by atoms with Crippen LogP contribution in [0.1, 0.15) is 57.4 Å². The van der Waals surface area contributed by atoms with Crippen LogP contribution >= 0.6 is 0 Å². The molecule has 4 saturated carbocycles. The fraction of sp³-hybridized carbons (Fsp3) is 0.565. The Labute approximate surface area is 177 Å². The number of carbonyl (C=O) groups excluding carboxylic acids is 3. The quantitative estimate of drug-likeness (QED) is 0.395. The van der Waals surface area contributed by atoms with Gasteiger partial charge in [0, 0.05) is 16.9 Å². The third kappa shape index (κ3) is 4.71. The van der Waals surface area contributed by atoms with Crippen LogP contribution in [0.25, 0.3) is 0 Å². The monoisotopic (exact) mass is 410 g/mol. The summed E-state index contributed by atoms with van der Waals surface area (Å²) in [4.78, 5) is 36.6. The molecule has 1 aromatic carbocycles. The van der Waals surface area contributed by atoms with Gasteiger partial charge in [-0.05, 0) is 87.8 Å². The zero-order valence-electron chi connectivity index (χ0n) is 17.7. The van der Waals surface area contributed by atoms with Crippen molar-refractivity contribution in [2.45, 2.75) is 64.3 Å². The maximum Gasteiger partial charge on any atom is 0.329 e. The number of rotatable bonds is 5. The number of hydrogen-bond acceptors (Lipinski definition) is 4. The molecule has 5 rings (SSSR count). The van der Waals surface area contributed by atoms with E-state index in [1.807, 2.05) is 13.0 Å². The van der Waals surface area contributed by atoms with Gasteiger partial charge in [-0.3, -0.25) is 14.4 Å². The lowest BCUT2D eigenvalue weighted by molar-refractivity contribution is -0.136.